The van der Waals surface area contributed by atoms with Gasteiger partial charge in [0.2, 0.25) is 11.8 Å². The third-order valence-electron chi connectivity index (χ3n) is 5.74. The predicted molar refractivity (Wildman–Crippen MR) is 133 cm³/mol. The van der Waals surface area contributed by atoms with Crippen molar-refractivity contribution in [1.29, 1.82) is 0 Å². The summed E-state index contributed by atoms with van der Waals surface area (Å²) in [6.45, 7) is 6.69. The van der Waals surface area contributed by atoms with Crippen LogP contribution in [0.25, 0.3) is 0 Å². The topological polar surface area (TPSA) is 180 Å². The van der Waals surface area contributed by atoms with Gasteiger partial charge in [0.05, 0.1) is 18.2 Å². The summed E-state index contributed by atoms with van der Waals surface area (Å²) >= 11 is 5.64. The van der Waals surface area contributed by atoms with Gasteiger partial charge in [-0.3, -0.25) is 29.6 Å². The molecular formula is C23H40ClN5O7. The number of carboxylic acid groups (broad SMARTS) is 1. The molecule has 0 aromatic rings. The number of nitrogens with zero attached hydrogens (tertiary/aromatic N) is 1. The maximum Gasteiger partial charge on any atom is 0.405 e. The van der Waals surface area contributed by atoms with Crippen molar-refractivity contribution in [3.63, 3.8) is 0 Å². The SMILES string of the molecule is CC(OC(C)(C)C)C(NC(=O)O)C(=O)NC(CC1CCCCC1)C(=O)NN(CCC(N)=O)C(=O)CCl. The average molecular weight is 534 g/mol. The minimum Gasteiger partial charge on any atom is -0.465 e. The van der Waals surface area contributed by atoms with Crippen LogP contribution in [-0.2, 0) is 23.9 Å². The zero-order valence-electron chi connectivity index (χ0n) is 21.5. The lowest BCUT2D eigenvalue weighted by molar-refractivity contribution is -0.142. The molecule has 1 saturated carbocycles. The van der Waals surface area contributed by atoms with Crippen molar-refractivity contribution < 1.29 is 33.8 Å². The molecule has 1 fully saturated rings. The van der Waals surface area contributed by atoms with Gasteiger partial charge >= 0.3 is 6.09 Å². The van der Waals surface area contributed by atoms with E-state index in [0.717, 1.165) is 37.1 Å². The Labute approximate surface area is 217 Å². The van der Waals surface area contributed by atoms with Crippen molar-refractivity contribution >= 4 is 41.3 Å². The first-order chi connectivity index (χ1) is 16.7. The molecule has 36 heavy (non-hydrogen) atoms. The minimum absolute atomic E-state index is 0.159. The van der Waals surface area contributed by atoms with Crippen molar-refractivity contribution in [1.82, 2.24) is 21.1 Å². The maximum atomic E-state index is 13.2. The Morgan fingerprint density at radius 1 is 1.08 bits per heavy atom. The lowest BCUT2D eigenvalue weighted by atomic mass is 9.84. The van der Waals surface area contributed by atoms with E-state index >= 15 is 0 Å². The van der Waals surface area contributed by atoms with Crippen molar-refractivity contribution in [2.45, 2.75) is 96.4 Å². The predicted octanol–water partition coefficient (Wildman–Crippen LogP) is 1.26. The van der Waals surface area contributed by atoms with Gasteiger partial charge in [-0.1, -0.05) is 32.1 Å². The summed E-state index contributed by atoms with van der Waals surface area (Å²) in [6.07, 6.45) is 2.70. The molecule has 6 N–H and O–H groups in total. The number of carbonyl (C=O) groups excluding carboxylic acids is 4. The van der Waals surface area contributed by atoms with E-state index in [9.17, 15) is 29.1 Å². The molecule has 1 rings (SSSR count). The highest BCUT2D eigenvalue weighted by Crippen LogP contribution is 2.27. The van der Waals surface area contributed by atoms with Crippen molar-refractivity contribution in [2.24, 2.45) is 11.7 Å². The molecule has 3 atom stereocenters. The number of carbonyl (C=O) groups is 5. The van der Waals surface area contributed by atoms with E-state index in [4.69, 9.17) is 22.1 Å². The van der Waals surface area contributed by atoms with Crippen LogP contribution in [0.15, 0.2) is 0 Å². The van der Waals surface area contributed by atoms with E-state index in [1.54, 1.807) is 27.7 Å². The first-order valence-electron chi connectivity index (χ1n) is 12.2. The molecule has 1 aliphatic rings. The smallest absolute Gasteiger partial charge is 0.405 e. The molecule has 12 nitrogen and oxygen atoms in total. The van der Waals surface area contributed by atoms with Crippen molar-refractivity contribution in [3.8, 4) is 0 Å². The summed E-state index contributed by atoms with van der Waals surface area (Å²) in [7, 11) is 0. The van der Waals surface area contributed by atoms with Gasteiger partial charge < -0.3 is 26.2 Å². The fraction of sp³-hybridized carbons (Fsp3) is 0.783. The molecule has 0 bridgehead atoms. The highest BCUT2D eigenvalue weighted by atomic mass is 35.5. The van der Waals surface area contributed by atoms with Gasteiger partial charge in [0, 0.05) is 6.42 Å². The van der Waals surface area contributed by atoms with Gasteiger partial charge in [0.25, 0.3) is 11.8 Å². The fourth-order valence-electron chi connectivity index (χ4n) is 4.15. The quantitative estimate of drug-likeness (QED) is 0.185. The van der Waals surface area contributed by atoms with E-state index in [-0.39, 0.29) is 18.9 Å². The third kappa shape index (κ3) is 11.9. The number of ether oxygens (including phenoxy) is 1. The molecule has 206 valence electrons. The van der Waals surface area contributed by atoms with Gasteiger partial charge in [-0.2, -0.15) is 0 Å². The monoisotopic (exact) mass is 533 g/mol. The summed E-state index contributed by atoms with van der Waals surface area (Å²) in [5.41, 5.74) is 6.94. The minimum atomic E-state index is -1.42. The van der Waals surface area contributed by atoms with E-state index in [1.165, 1.54) is 0 Å². The molecule has 0 radical (unpaired) electrons. The van der Waals surface area contributed by atoms with Crippen LogP contribution < -0.4 is 21.8 Å². The highest BCUT2D eigenvalue weighted by molar-refractivity contribution is 6.27. The molecule has 0 heterocycles. The lowest BCUT2D eigenvalue weighted by Crippen LogP contribution is -2.60. The normalized spacial score (nSPS) is 16.8. The molecule has 13 heteroatoms. The number of hydrazine groups is 1. The number of primary amides is 1. The molecule has 5 amide bonds. The Bertz CT molecular complexity index is 783. The van der Waals surface area contributed by atoms with Gasteiger partial charge in [-0.05, 0) is 40.0 Å². The standard InChI is InChI=1S/C23H40ClN5O7/c1-14(36-23(2,3)4)19(27-22(34)35)21(33)26-16(12-15-8-6-5-7-9-15)20(32)28-29(18(31)13-24)11-10-17(25)30/h14-16,19,27H,5-13H2,1-4H3,(H2,25,30)(H,26,33)(H,28,32)(H,34,35). The Morgan fingerprint density at radius 2 is 1.69 bits per heavy atom. The number of hydrogen-bond acceptors (Lipinski definition) is 6. The van der Waals surface area contributed by atoms with E-state index in [1.807, 2.05) is 0 Å². The molecule has 0 aliphatic heterocycles. The van der Waals surface area contributed by atoms with Crippen LogP contribution in [0.3, 0.4) is 0 Å². The molecule has 0 spiro atoms. The Kier molecular flexibility index (Phi) is 13.0. The molecule has 0 aromatic carbocycles. The van der Waals surface area contributed by atoms with Crippen LogP contribution >= 0.6 is 11.6 Å². The number of nitrogens with two attached hydrogens (primary N) is 1. The summed E-state index contributed by atoms with van der Waals surface area (Å²) in [5.74, 6) is -3.02. The summed E-state index contributed by atoms with van der Waals surface area (Å²) < 4.78 is 5.78. The fourth-order valence-corrected chi connectivity index (χ4v) is 4.30. The Morgan fingerprint density at radius 3 is 2.19 bits per heavy atom. The first kappa shape index (κ1) is 31.4. The third-order valence-corrected chi connectivity index (χ3v) is 5.97. The largest absolute Gasteiger partial charge is 0.465 e. The second kappa shape index (κ2) is 14.8. The van der Waals surface area contributed by atoms with E-state index in [2.05, 4.69) is 16.1 Å². The average Bonchev–Trinajstić information content (AvgIpc) is 2.78. The second-order valence-corrected chi connectivity index (χ2v) is 10.3. The van der Waals surface area contributed by atoms with Gasteiger partial charge in [-0.15, -0.1) is 11.6 Å². The Balaban J connectivity index is 3.11. The van der Waals surface area contributed by atoms with Crippen molar-refractivity contribution in [3.05, 3.63) is 0 Å². The zero-order valence-corrected chi connectivity index (χ0v) is 22.2. The number of amides is 5. The van der Waals surface area contributed by atoms with Crippen LogP contribution in [0.5, 0.6) is 0 Å². The van der Waals surface area contributed by atoms with Gasteiger partial charge in [-0.25, -0.2) is 4.79 Å². The number of alkyl halides is 1. The van der Waals surface area contributed by atoms with E-state index in [0.29, 0.717) is 6.42 Å². The molecule has 0 aromatic heterocycles. The lowest BCUT2D eigenvalue weighted by Gasteiger charge is -2.32. The maximum absolute atomic E-state index is 13.2. The summed E-state index contributed by atoms with van der Waals surface area (Å²) in [5, 5.41) is 15.0. The summed E-state index contributed by atoms with van der Waals surface area (Å²) in [6, 6.07) is -2.36. The number of nitrogens with one attached hydrogen (secondary N) is 3. The van der Waals surface area contributed by atoms with Crippen LogP contribution in [0.2, 0.25) is 0 Å². The molecule has 0 saturated heterocycles. The highest BCUT2D eigenvalue weighted by Gasteiger charge is 2.35. The zero-order chi connectivity index (χ0) is 27.5. The summed E-state index contributed by atoms with van der Waals surface area (Å²) in [4.78, 5) is 61.2. The second-order valence-electron chi connectivity index (χ2n) is 10.0. The van der Waals surface area contributed by atoms with Crippen LogP contribution in [0, 0.1) is 5.92 Å². The van der Waals surface area contributed by atoms with E-state index < -0.39 is 59.4 Å². The van der Waals surface area contributed by atoms with Crippen LogP contribution in [0.4, 0.5) is 4.79 Å². The molecule has 1 aliphatic carbocycles. The van der Waals surface area contributed by atoms with Crippen LogP contribution in [-0.4, -0.2) is 76.1 Å². The number of halogens is 1. The Hall–Kier alpha value is -2.60. The molecule has 3 unspecified atom stereocenters. The van der Waals surface area contributed by atoms with Crippen molar-refractivity contribution in [2.75, 3.05) is 12.4 Å². The molecular weight excluding hydrogens is 494 g/mol. The first-order valence-corrected chi connectivity index (χ1v) is 12.7. The van der Waals surface area contributed by atoms with Gasteiger partial charge in [0.1, 0.15) is 18.0 Å². The number of rotatable bonds is 12. The number of hydrogen-bond donors (Lipinski definition) is 5. The van der Waals surface area contributed by atoms with Crippen LogP contribution in [0.1, 0.15) is 72.6 Å². The van der Waals surface area contributed by atoms with Gasteiger partial charge in [0.15, 0.2) is 0 Å².